The molecule has 1 atom stereocenters. The van der Waals surface area contributed by atoms with Crippen molar-refractivity contribution in [1.29, 1.82) is 5.26 Å². The van der Waals surface area contributed by atoms with Crippen LogP contribution in [0.15, 0.2) is 66.2 Å². The third kappa shape index (κ3) is 1.94. The maximum atomic E-state index is 9.82. The SMILES string of the molecule is CCC(C#N)(C1=C(c2ccccc2)C1)c1ccccc1. The van der Waals surface area contributed by atoms with Gasteiger partial charge in [0, 0.05) is 0 Å². The van der Waals surface area contributed by atoms with Crippen molar-refractivity contribution < 1.29 is 0 Å². The minimum atomic E-state index is -0.452. The first kappa shape index (κ1) is 12.7. The second-order valence-electron chi connectivity index (χ2n) is 5.24. The lowest BCUT2D eigenvalue weighted by molar-refractivity contribution is 0.633. The smallest absolute Gasteiger partial charge is 0.104 e. The van der Waals surface area contributed by atoms with Gasteiger partial charge in [0.1, 0.15) is 5.41 Å². The van der Waals surface area contributed by atoms with E-state index in [-0.39, 0.29) is 0 Å². The number of nitriles is 1. The lowest BCUT2D eigenvalue weighted by Crippen LogP contribution is -2.22. The number of allylic oxidation sites excluding steroid dienone is 2. The maximum absolute atomic E-state index is 9.82. The number of benzene rings is 2. The summed E-state index contributed by atoms with van der Waals surface area (Å²) in [6.07, 6.45) is 1.78. The van der Waals surface area contributed by atoms with Gasteiger partial charge in [-0.05, 0) is 35.1 Å². The average Bonchev–Trinajstić information content (AvgIpc) is 3.32. The average molecular weight is 259 g/mol. The summed E-state index contributed by atoms with van der Waals surface area (Å²) in [6, 6.07) is 23.2. The Morgan fingerprint density at radius 2 is 1.60 bits per heavy atom. The van der Waals surface area contributed by atoms with E-state index in [4.69, 9.17) is 0 Å². The molecule has 0 spiro atoms. The van der Waals surface area contributed by atoms with Crippen LogP contribution in [-0.4, -0.2) is 0 Å². The maximum Gasteiger partial charge on any atom is 0.104 e. The predicted molar refractivity (Wildman–Crippen MR) is 82.0 cm³/mol. The van der Waals surface area contributed by atoms with Crippen molar-refractivity contribution in [1.82, 2.24) is 0 Å². The Labute approximate surface area is 120 Å². The summed E-state index contributed by atoms with van der Waals surface area (Å²) in [4.78, 5) is 0. The Bertz CT molecular complexity index is 677. The fraction of sp³-hybridized carbons (Fsp3) is 0.211. The number of rotatable bonds is 4. The zero-order valence-corrected chi connectivity index (χ0v) is 11.6. The van der Waals surface area contributed by atoms with Crippen LogP contribution in [-0.2, 0) is 5.41 Å². The minimum absolute atomic E-state index is 0.452. The van der Waals surface area contributed by atoms with Gasteiger partial charge in [0.15, 0.2) is 0 Å². The molecule has 2 aromatic carbocycles. The van der Waals surface area contributed by atoms with Gasteiger partial charge >= 0.3 is 0 Å². The van der Waals surface area contributed by atoms with E-state index in [1.807, 2.05) is 24.3 Å². The Balaban J connectivity index is 2.07. The first-order chi connectivity index (χ1) is 9.81. The van der Waals surface area contributed by atoms with E-state index in [2.05, 4.69) is 49.4 Å². The first-order valence-electron chi connectivity index (χ1n) is 7.06. The summed E-state index contributed by atoms with van der Waals surface area (Å²) >= 11 is 0. The van der Waals surface area contributed by atoms with Crippen molar-refractivity contribution in [2.75, 3.05) is 0 Å². The van der Waals surface area contributed by atoms with Gasteiger partial charge in [-0.3, -0.25) is 0 Å². The van der Waals surface area contributed by atoms with Gasteiger partial charge in [-0.1, -0.05) is 67.6 Å². The summed E-state index contributed by atoms with van der Waals surface area (Å²) < 4.78 is 0. The van der Waals surface area contributed by atoms with Crippen LogP contribution >= 0.6 is 0 Å². The Morgan fingerprint density at radius 1 is 1.00 bits per heavy atom. The van der Waals surface area contributed by atoms with Crippen LogP contribution in [0.1, 0.15) is 30.9 Å². The minimum Gasteiger partial charge on any atom is -0.197 e. The van der Waals surface area contributed by atoms with Crippen molar-refractivity contribution in [3.8, 4) is 6.07 Å². The van der Waals surface area contributed by atoms with Crippen LogP contribution in [0.5, 0.6) is 0 Å². The molecule has 98 valence electrons. The molecule has 0 N–H and O–H groups in total. The van der Waals surface area contributed by atoms with Gasteiger partial charge in [0.25, 0.3) is 0 Å². The van der Waals surface area contributed by atoms with E-state index < -0.39 is 5.41 Å². The zero-order valence-electron chi connectivity index (χ0n) is 11.6. The lowest BCUT2D eigenvalue weighted by atomic mass is 9.77. The molecule has 0 aliphatic heterocycles. The molecule has 1 unspecified atom stereocenters. The van der Waals surface area contributed by atoms with Crippen LogP contribution in [0.25, 0.3) is 5.57 Å². The van der Waals surface area contributed by atoms with Gasteiger partial charge in [-0.2, -0.15) is 5.26 Å². The summed E-state index contributed by atoms with van der Waals surface area (Å²) in [6.45, 7) is 2.10. The molecule has 1 heteroatoms. The second kappa shape index (κ2) is 4.98. The molecule has 1 nitrogen and oxygen atoms in total. The molecule has 0 aromatic heterocycles. The normalized spacial score (nSPS) is 16.4. The molecule has 1 aliphatic rings. The molecule has 0 radical (unpaired) electrons. The van der Waals surface area contributed by atoms with Crippen LogP contribution in [0, 0.1) is 11.3 Å². The van der Waals surface area contributed by atoms with E-state index in [0.29, 0.717) is 0 Å². The molecule has 0 saturated heterocycles. The first-order valence-corrected chi connectivity index (χ1v) is 7.06. The molecular formula is C19H17N. The lowest BCUT2D eigenvalue weighted by Gasteiger charge is -2.23. The summed E-state index contributed by atoms with van der Waals surface area (Å²) in [7, 11) is 0. The predicted octanol–water partition coefficient (Wildman–Crippen LogP) is 4.72. The highest BCUT2D eigenvalue weighted by Crippen LogP contribution is 2.52. The van der Waals surface area contributed by atoms with Gasteiger partial charge in [-0.25, -0.2) is 0 Å². The van der Waals surface area contributed by atoms with Crippen molar-refractivity contribution >= 4 is 5.57 Å². The third-order valence-electron chi connectivity index (χ3n) is 4.22. The van der Waals surface area contributed by atoms with Crippen LogP contribution in [0.2, 0.25) is 0 Å². The quantitative estimate of drug-likeness (QED) is 0.779. The van der Waals surface area contributed by atoms with Crippen molar-refractivity contribution in [3.63, 3.8) is 0 Å². The van der Waals surface area contributed by atoms with Crippen molar-refractivity contribution in [2.45, 2.75) is 25.2 Å². The van der Waals surface area contributed by atoms with Gasteiger partial charge in [0.05, 0.1) is 6.07 Å². The Hall–Kier alpha value is -2.33. The van der Waals surface area contributed by atoms with Gasteiger partial charge in [0.2, 0.25) is 0 Å². The molecule has 2 aromatic rings. The second-order valence-corrected chi connectivity index (χ2v) is 5.24. The topological polar surface area (TPSA) is 23.8 Å². The zero-order chi connectivity index (χ0) is 14.0. The molecule has 20 heavy (non-hydrogen) atoms. The van der Waals surface area contributed by atoms with E-state index in [9.17, 15) is 5.26 Å². The fourth-order valence-corrected chi connectivity index (χ4v) is 2.98. The fourth-order valence-electron chi connectivity index (χ4n) is 2.98. The highest BCUT2D eigenvalue weighted by molar-refractivity contribution is 5.86. The van der Waals surface area contributed by atoms with Crippen LogP contribution in [0.3, 0.4) is 0 Å². The molecule has 1 aliphatic carbocycles. The number of hydrogen-bond donors (Lipinski definition) is 0. The molecule has 0 bridgehead atoms. The largest absolute Gasteiger partial charge is 0.197 e. The molecule has 0 amide bonds. The molecule has 0 heterocycles. The number of hydrogen-bond acceptors (Lipinski definition) is 1. The van der Waals surface area contributed by atoms with E-state index in [1.165, 1.54) is 16.7 Å². The number of nitrogens with zero attached hydrogens (tertiary/aromatic N) is 1. The van der Waals surface area contributed by atoms with E-state index in [0.717, 1.165) is 18.4 Å². The summed E-state index contributed by atoms with van der Waals surface area (Å²) in [5.41, 5.74) is 4.56. The molecular weight excluding hydrogens is 242 g/mol. The van der Waals surface area contributed by atoms with E-state index >= 15 is 0 Å². The summed E-state index contributed by atoms with van der Waals surface area (Å²) in [5.74, 6) is 0. The Kier molecular flexibility index (Phi) is 3.16. The van der Waals surface area contributed by atoms with Crippen LogP contribution in [0.4, 0.5) is 0 Å². The molecule has 3 rings (SSSR count). The highest BCUT2D eigenvalue weighted by atomic mass is 14.5. The molecule has 0 fully saturated rings. The molecule has 0 saturated carbocycles. The standard InChI is InChI=1S/C19H17N/c1-2-19(14-20,16-11-7-4-8-12-16)18-13-17(18)15-9-5-3-6-10-15/h3-12H,2,13H2,1H3. The Morgan fingerprint density at radius 3 is 2.15 bits per heavy atom. The third-order valence-corrected chi connectivity index (χ3v) is 4.22. The van der Waals surface area contributed by atoms with E-state index in [1.54, 1.807) is 0 Å². The highest BCUT2D eigenvalue weighted by Gasteiger charge is 2.43. The van der Waals surface area contributed by atoms with Crippen molar-refractivity contribution in [3.05, 3.63) is 77.4 Å². The van der Waals surface area contributed by atoms with Crippen LogP contribution < -0.4 is 0 Å². The van der Waals surface area contributed by atoms with Gasteiger partial charge < -0.3 is 0 Å². The van der Waals surface area contributed by atoms with Crippen molar-refractivity contribution in [2.24, 2.45) is 0 Å². The summed E-state index contributed by atoms with van der Waals surface area (Å²) in [5, 5.41) is 9.82. The monoisotopic (exact) mass is 259 g/mol. The van der Waals surface area contributed by atoms with Gasteiger partial charge in [-0.15, -0.1) is 0 Å².